The van der Waals surface area contributed by atoms with Crippen LogP contribution < -0.4 is 10.2 Å². The summed E-state index contributed by atoms with van der Waals surface area (Å²) >= 11 is 0. The fourth-order valence-electron chi connectivity index (χ4n) is 4.09. The molecule has 8 nitrogen and oxygen atoms in total. The second-order valence-corrected chi connectivity index (χ2v) is 7.94. The van der Waals surface area contributed by atoms with Crippen molar-refractivity contribution in [2.24, 2.45) is 0 Å². The fraction of sp³-hybridized carbons (Fsp3) is 0.292. The quantitative estimate of drug-likeness (QED) is 0.640. The second kappa shape index (κ2) is 8.47. The number of hydrogen-bond donors (Lipinski definition) is 1. The minimum Gasteiger partial charge on any atom is -0.497 e. The van der Waals surface area contributed by atoms with Crippen LogP contribution in [0.25, 0.3) is 11.4 Å². The molecule has 0 bridgehead atoms. The molecule has 5 rings (SSSR count). The number of ether oxygens (including phenoxy) is 1. The van der Waals surface area contributed by atoms with Crippen molar-refractivity contribution in [1.29, 1.82) is 0 Å². The van der Waals surface area contributed by atoms with Crippen LogP contribution in [0.1, 0.15) is 36.4 Å². The molecule has 1 saturated heterocycles. The number of aryl methyl sites for hydroxylation is 1. The molecule has 0 radical (unpaired) electrons. The molecule has 2 aliphatic rings. The smallest absolute Gasteiger partial charge is 0.251 e. The van der Waals surface area contributed by atoms with Gasteiger partial charge in [-0.3, -0.25) is 4.79 Å². The van der Waals surface area contributed by atoms with E-state index in [4.69, 9.17) is 9.26 Å². The normalized spacial score (nSPS) is 20.0. The van der Waals surface area contributed by atoms with Gasteiger partial charge in [0.05, 0.1) is 13.2 Å². The Hall–Kier alpha value is -3.65. The van der Waals surface area contributed by atoms with Gasteiger partial charge in [0.1, 0.15) is 18.3 Å². The van der Waals surface area contributed by atoms with Gasteiger partial charge in [-0.05, 0) is 48.2 Å². The lowest BCUT2D eigenvalue weighted by Gasteiger charge is -2.30. The van der Waals surface area contributed by atoms with E-state index in [-0.39, 0.29) is 24.5 Å². The monoisotopic (exact) mass is 431 g/mol. The highest BCUT2D eigenvalue weighted by Crippen LogP contribution is 2.31. The molecule has 2 aromatic carbocycles. The van der Waals surface area contributed by atoms with Crippen molar-refractivity contribution >= 4 is 5.91 Å². The van der Waals surface area contributed by atoms with Crippen LogP contribution in [0, 0.1) is 0 Å². The molecule has 2 atom stereocenters. The van der Waals surface area contributed by atoms with Crippen LogP contribution in [0.2, 0.25) is 0 Å². The zero-order valence-corrected chi connectivity index (χ0v) is 18.1. The summed E-state index contributed by atoms with van der Waals surface area (Å²) in [5, 5.41) is 5.95. The minimum absolute atomic E-state index is 0.0110. The van der Waals surface area contributed by atoms with E-state index in [2.05, 4.69) is 46.8 Å². The lowest BCUT2D eigenvalue weighted by atomic mass is 9.99. The van der Waals surface area contributed by atoms with Crippen molar-refractivity contribution in [3.63, 3.8) is 0 Å². The summed E-state index contributed by atoms with van der Waals surface area (Å²) in [6.45, 7) is 2.38. The van der Waals surface area contributed by atoms with Crippen molar-refractivity contribution in [2.75, 3.05) is 7.11 Å². The van der Waals surface area contributed by atoms with Gasteiger partial charge in [-0.2, -0.15) is 4.98 Å². The summed E-state index contributed by atoms with van der Waals surface area (Å²) in [7, 11) is 1.62. The molecule has 32 heavy (non-hydrogen) atoms. The van der Waals surface area contributed by atoms with Crippen LogP contribution in [0.4, 0.5) is 0 Å². The zero-order chi connectivity index (χ0) is 22.1. The molecule has 2 aliphatic heterocycles. The minimum atomic E-state index is -0.264. The summed E-state index contributed by atoms with van der Waals surface area (Å²) in [4.78, 5) is 19.2. The van der Waals surface area contributed by atoms with Crippen molar-refractivity contribution in [3.05, 3.63) is 77.9 Å². The predicted octanol–water partition coefficient (Wildman–Crippen LogP) is 3.44. The van der Waals surface area contributed by atoms with E-state index >= 15 is 0 Å². The average Bonchev–Trinajstić information content (AvgIpc) is 3.49. The first-order valence-corrected chi connectivity index (χ1v) is 10.7. The molecule has 0 spiro atoms. The van der Waals surface area contributed by atoms with Gasteiger partial charge >= 0.3 is 0 Å². The van der Waals surface area contributed by atoms with Crippen LogP contribution in [0.15, 0.2) is 65.5 Å². The van der Waals surface area contributed by atoms with Crippen LogP contribution in [-0.4, -0.2) is 39.1 Å². The summed E-state index contributed by atoms with van der Waals surface area (Å²) in [6.07, 6.45) is 5.37. The number of nitrogens with one attached hydrogen (secondary N) is 1. The van der Waals surface area contributed by atoms with Crippen LogP contribution in [-0.2, 0) is 17.8 Å². The molecule has 1 amide bonds. The van der Waals surface area contributed by atoms with E-state index in [1.807, 2.05) is 35.5 Å². The first kappa shape index (κ1) is 20.3. The maximum atomic E-state index is 13.1. The highest BCUT2D eigenvalue weighted by Gasteiger charge is 2.40. The largest absolute Gasteiger partial charge is 0.497 e. The maximum Gasteiger partial charge on any atom is 0.251 e. The van der Waals surface area contributed by atoms with Gasteiger partial charge in [-0.1, -0.05) is 36.3 Å². The van der Waals surface area contributed by atoms with Gasteiger partial charge in [-0.15, -0.1) is 0 Å². The first-order valence-electron chi connectivity index (χ1n) is 10.7. The number of rotatable bonds is 6. The molecule has 8 heteroatoms. The van der Waals surface area contributed by atoms with Gasteiger partial charge in [0.25, 0.3) is 5.91 Å². The van der Waals surface area contributed by atoms with Crippen molar-refractivity contribution in [2.45, 2.75) is 38.4 Å². The maximum absolute atomic E-state index is 13.1. The molecule has 1 aromatic heterocycles. The van der Waals surface area contributed by atoms with Crippen molar-refractivity contribution < 1.29 is 14.1 Å². The number of hydrogen-bond acceptors (Lipinski definition) is 7. The number of carbonyl (C=O) groups is 1. The van der Waals surface area contributed by atoms with Crippen molar-refractivity contribution in [3.8, 4) is 17.1 Å². The molecule has 2 unspecified atom stereocenters. The van der Waals surface area contributed by atoms with Gasteiger partial charge < -0.3 is 19.2 Å². The third kappa shape index (κ3) is 3.85. The van der Waals surface area contributed by atoms with E-state index in [1.54, 1.807) is 18.2 Å². The SMILES string of the molecule is CCc1ccc(C2CC3C(=O)N(Cc4nc(-c5ccc(OC)cc5)no4)C=CN3N2)cc1. The lowest BCUT2D eigenvalue weighted by molar-refractivity contribution is -0.135. The van der Waals surface area contributed by atoms with Crippen LogP contribution >= 0.6 is 0 Å². The zero-order valence-electron chi connectivity index (χ0n) is 18.1. The molecular weight excluding hydrogens is 406 g/mol. The number of aromatic nitrogens is 2. The summed E-state index contributed by atoms with van der Waals surface area (Å²) in [5.41, 5.74) is 6.75. The Morgan fingerprint density at radius 2 is 1.91 bits per heavy atom. The number of carbonyl (C=O) groups excluding carboxylic acids is 1. The van der Waals surface area contributed by atoms with E-state index in [0.29, 0.717) is 18.1 Å². The van der Waals surface area contributed by atoms with E-state index < -0.39 is 0 Å². The number of hydrazine groups is 1. The number of nitrogens with zero attached hydrogens (tertiary/aromatic N) is 4. The van der Waals surface area contributed by atoms with Gasteiger partial charge in [-0.25, -0.2) is 5.43 Å². The third-order valence-electron chi connectivity index (χ3n) is 5.99. The standard InChI is InChI=1S/C24H25N5O3/c1-3-16-4-6-17(7-5-16)20-14-21-24(30)28(12-13-29(21)26-20)15-22-25-23(27-32-22)18-8-10-19(31-2)11-9-18/h4-13,20-21,26H,3,14-15H2,1-2H3. The predicted molar refractivity (Wildman–Crippen MR) is 118 cm³/mol. The highest BCUT2D eigenvalue weighted by atomic mass is 16.5. The Morgan fingerprint density at radius 3 is 2.62 bits per heavy atom. The van der Waals surface area contributed by atoms with Crippen LogP contribution in [0.5, 0.6) is 5.75 Å². The Morgan fingerprint density at radius 1 is 1.12 bits per heavy atom. The summed E-state index contributed by atoms with van der Waals surface area (Å²) < 4.78 is 10.6. The van der Waals surface area contributed by atoms with Gasteiger partial charge in [0.2, 0.25) is 11.7 Å². The highest BCUT2D eigenvalue weighted by molar-refractivity contribution is 5.84. The number of benzene rings is 2. The topological polar surface area (TPSA) is 83.7 Å². The Labute approximate surface area is 186 Å². The average molecular weight is 431 g/mol. The summed E-state index contributed by atoms with van der Waals surface area (Å²) in [5.74, 6) is 1.64. The molecule has 3 aromatic rings. The van der Waals surface area contributed by atoms with E-state index in [1.165, 1.54) is 11.1 Å². The Kier molecular flexibility index (Phi) is 5.36. The van der Waals surface area contributed by atoms with E-state index in [0.717, 1.165) is 17.7 Å². The fourth-order valence-corrected chi connectivity index (χ4v) is 4.09. The molecule has 3 heterocycles. The number of fused-ring (bicyclic) bond motifs is 1. The Balaban J connectivity index is 1.25. The lowest BCUT2D eigenvalue weighted by Crippen LogP contribution is -2.47. The summed E-state index contributed by atoms with van der Waals surface area (Å²) in [6, 6.07) is 15.8. The molecule has 0 aliphatic carbocycles. The first-order chi connectivity index (χ1) is 15.6. The van der Waals surface area contributed by atoms with Crippen molar-refractivity contribution in [1.82, 2.24) is 25.5 Å². The molecule has 0 saturated carbocycles. The van der Waals surface area contributed by atoms with Gasteiger partial charge in [0.15, 0.2) is 0 Å². The second-order valence-electron chi connectivity index (χ2n) is 7.94. The van der Waals surface area contributed by atoms with Crippen LogP contribution in [0.3, 0.4) is 0 Å². The number of amides is 1. The number of methoxy groups -OCH3 is 1. The molecule has 1 N–H and O–H groups in total. The van der Waals surface area contributed by atoms with E-state index in [9.17, 15) is 4.79 Å². The van der Waals surface area contributed by atoms with Gasteiger partial charge in [0, 0.05) is 18.0 Å². The Bertz CT molecular complexity index is 1120. The molecule has 1 fully saturated rings. The third-order valence-corrected chi connectivity index (χ3v) is 5.99. The molecule has 164 valence electrons. The molecular formula is C24H25N5O3.